The Morgan fingerprint density at radius 1 is 1.50 bits per heavy atom. The quantitative estimate of drug-likeness (QED) is 0.765. The van der Waals surface area contributed by atoms with Gasteiger partial charge in [-0.15, -0.1) is 5.10 Å². The summed E-state index contributed by atoms with van der Waals surface area (Å²) in [5, 5.41) is 25.6. The minimum Gasteiger partial charge on any atom is -0.396 e. The Morgan fingerprint density at radius 3 is 2.94 bits per heavy atom. The van der Waals surface area contributed by atoms with Gasteiger partial charge < -0.3 is 5.11 Å². The summed E-state index contributed by atoms with van der Waals surface area (Å²) in [6.07, 6.45) is 4.55. The summed E-state index contributed by atoms with van der Waals surface area (Å²) in [5.74, 6) is 0.754. The Kier molecular flexibility index (Phi) is 3.52. The molecule has 0 saturated heterocycles. The summed E-state index contributed by atoms with van der Waals surface area (Å²) < 4.78 is 1.85. The topological polar surface area (TPSA) is 74.7 Å². The molecular formula is C11H16N4O. The van der Waals surface area contributed by atoms with Crippen LogP contribution >= 0.6 is 0 Å². The summed E-state index contributed by atoms with van der Waals surface area (Å²) in [4.78, 5) is 0. The highest BCUT2D eigenvalue weighted by atomic mass is 16.3. The molecule has 1 aliphatic rings. The highest BCUT2D eigenvalue weighted by Gasteiger charge is 2.25. The van der Waals surface area contributed by atoms with Gasteiger partial charge in [0, 0.05) is 13.2 Å². The monoisotopic (exact) mass is 220 g/mol. The van der Waals surface area contributed by atoms with E-state index in [4.69, 9.17) is 10.4 Å². The predicted octanol–water partition coefficient (Wildman–Crippen LogP) is 0.679. The minimum absolute atomic E-state index is 0.163. The Morgan fingerprint density at radius 2 is 2.31 bits per heavy atom. The molecule has 0 atom stereocenters. The molecule has 1 aliphatic carbocycles. The van der Waals surface area contributed by atoms with Gasteiger partial charge in [-0.3, -0.25) is 0 Å². The van der Waals surface area contributed by atoms with Crippen molar-refractivity contribution in [3.8, 4) is 6.07 Å². The van der Waals surface area contributed by atoms with Gasteiger partial charge in [-0.1, -0.05) is 5.21 Å². The first-order chi connectivity index (χ1) is 7.85. The van der Waals surface area contributed by atoms with E-state index in [1.807, 2.05) is 4.68 Å². The lowest BCUT2D eigenvalue weighted by atomic mass is 10.1. The molecule has 0 amide bonds. The van der Waals surface area contributed by atoms with Crippen molar-refractivity contribution >= 4 is 0 Å². The molecule has 1 saturated carbocycles. The molecule has 1 heterocycles. The molecule has 1 N–H and O–H groups in total. The lowest BCUT2D eigenvalue weighted by molar-refractivity contribution is 0.275. The van der Waals surface area contributed by atoms with Gasteiger partial charge in [0.25, 0.3) is 0 Å². The second-order valence-electron chi connectivity index (χ2n) is 4.27. The van der Waals surface area contributed by atoms with Crippen molar-refractivity contribution in [2.24, 2.45) is 5.92 Å². The molecule has 5 heteroatoms. The van der Waals surface area contributed by atoms with E-state index in [9.17, 15) is 0 Å². The molecule has 0 aromatic carbocycles. The van der Waals surface area contributed by atoms with Crippen LogP contribution in [0.15, 0.2) is 0 Å². The molecule has 5 nitrogen and oxygen atoms in total. The van der Waals surface area contributed by atoms with Crippen LogP contribution in [0.4, 0.5) is 0 Å². The standard InChI is InChI=1S/C11H16N4O/c12-5-4-10-11(8-9-2-3-9)15(14-13-10)6-1-7-16/h9,16H,1-4,6-8H2. The highest BCUT2D eigenvalue weighted by Crippen LogP contribution is 2.33. The van der Waals surface area contributed by atoms with Crippen LogP contribution in [0.2, 0.25) is 0 Å². The molecule has 86 valence electrons. The van der Waals surface area contributed by atoms with Gasteiger partial charge in [0.15, 0.2) is 0 Å². The van der Waals surface area contributed by atoms with Crippen LogP contribution in [0.1, 0.15) is 30.7 Å². The molecule has 1 aromatic rings. The van der Waals surface area contributed by atoms with E-state index >= 15 is 0 Å². The molecule has 2 rings (SSSR count). The number of aliphatic hydroxyl groups excluding tert-OH is 1. The van der Waals surface area contributed by atoms with Crippen molar-refractivity contribution in [3.05, 3.63) is 11.4 Å². The van der Waals surface area contributed by atoms with Crippen molar-refractivity contribution < 1.29 is 5.11 Å². The maximum atomic E-state index is 8.81. The Labute approximate surface area is 94.7 Å². The number of rotatable bonds is 6. The van der Waals surface area contributed by atoms with Crippen LogP contribution in [-0.2, 0) is 19.4 Å². The van der Waals surface area contributed by atoms with E-state index in [0.29, 0.717) is 19.4 Å². The number of hydrogen-bond donors (Lipinski definition) is 1. The van der Waals surface area contributed by atoms with Crippen LogP contribution in [0.25, 0.3) is 0 Å². The Balaban J connectivity index is 2.11. The van der Waals surface area contributed by atoms with Crippen molar-refractivity contribution in [1.29, 1.82) is 5.26 Å². The van der Waals surface area contributed by atoms with Gasteiger partial charge in [-0.2, -0.15) is 5.26 Å². The normalized spacial score (nSPS) is 15.0. The van der Waals surface area contributed by atoms with Gasteiger partial charge >= 0.3 is 0 Å². The van der Waals surface area contributed by atoms with Crippen molar-refractivity contribution in [3.63, 3.8) is 0 Å². The predicted molar refractivity (Wildman–Crippen MR) is 57.5 cm³/mol. The van der Waals surface area contributed by atoms with Crippen LogP contribution in [0, 0.1) is 17.2 Å². The van der Waals surface area contributed by atoms with Crippen molar-refractivity contribution in [2.75, 3.05) is 6.61 Å². The fourth-order valence-corrected chi connectivity index (χ4v) is 1.80. The van der Waals surface area contributed by atoms with Crippen LogP contribution in [0.5, 0.6) is 0 Å². The third-order valence-corrected chi connectivity index (χ3v) is 2.87. The van der Waals surface area contributed by atoms with Crippen molar-refractivity contribution in [2.45, 2.75) is 38.6 Å². The summed E-state index contributed by atoms with van der Waals surface area (Å²) in [5.41, 5.74) is 1.91. The zero-order chi connectivity index (χ0) is 11.4. The highest BCUT2D eigenvalue weighted by molar-refractivity contribution is 5.16. The minimum atomic E-state index is 0.163. The SMILES string of the molecule is N#CCc1nnn(CCCO)c1CC1CC1. The van der Waals surface area contributed by atoms with E-state index < -0.39 is 0 Å². The molecule has 0 bridgehead atoms. The third kappa shape index (κ3) is 2.58. The Bertz CT molecular complexity index is 389. The second kappa shape index (κ2) is 5.08. The average molecular weight is 220 g/mol. The maximum absolute atomic E-state index is 8.81. The van der Waals surface area contributed by atoms with E-state index in [2.05, 4.69) is 16.4 Å². The van der Waals surface area contributed by atoms with E-state index in [1.54, 1.807) is 0 Å². The molecule has 1 aromatic heterocycles. The van der Waals surface area contributed by atoms with Gasteiger partial charge in [0.2, 0.25) is 0 Å². The molecule has 1 fully saturated rings. The summed E-state index contributed by atoms with van der Waals surface area (Å²) in [6.45, 7) is 0.854. The lowest BCUT2D eigenvalue weighted by Gasteiger charge is -2.05. The van der Waals surface area contributed by atoms with Gasteiger partial charge in [0.1, 0.15) is 0 Å². The molecule has 16 heavy (non-hydrogen) atoms. The van der Waals surface area contributed by atoms with E-state index in [-0.39, 0.29) is 6.61 Å². The number of aliphatic hydroxyl groups is 1. The maximum Gasteiger partial charge on any atom is 0.0999 e. The summed E-state index contributed by atoms with van der Waals surface area (Å²) >= 11 is 0. The van der Waals surface area contributed by atoms with Gasteiger partial charge in [0.05, 0.1) is 23.9 Å². The number of aryl methyl sites for hydroxylation is 1. The first kappa shape index (κ1) is 11.1. The van der Waals surface area contributed by atoms with Crippen LogP contribution in [-0.4, -0.2) is 26.7 Å². The lowest BCUT2D eigenvalue weighted by Crippen LogP contribution is -2.08. The molecule has 0 aliphatic heterocycles. The third-order valence-electron chi connectivity index (χ3n) is 2.87. The number of nitriles is 1. The average Bonchev–Trinajstić information content (AvgIpc) is 3.02. The smallest absolute Gasteiger partial charge is 0.0999 e. The van der Waals surface area contributed by atoms with E-state index in [1.165, 1.54) is 12.8 Å². The fraction of sp³-hybridized carbons (Fsp3) is 0.727. The first-order valence-electron chi connectivity index (χ1n) is 5.74. The molecule has 0 radical (unpaired) electrons. The summed E-state index contributed by atoms with van der Waals surface area (Å²) in [7, 11) is 0. The number of aromatic nitrogens is 3. The summed E-state index contributed by atoms with van der Waals surface area (Å²) in [6, 6.07) is 2.12. The van der Waals surface area contributed by atoms with Crippen LogP contribution in [0.3, 0.4) is 0 Å². The number of hydrogen-bond acceptors (Lipinski definition) is 4. The largest absolute Gasteiger partial charge is 0.396 e. The Hall–Kier alpha value is -1.41. The van der Waals surface area contributed by atoms with Crippen LogP contribution < -0.4 is 0 Å². The number of nitrogens with zero attached hydrogens (tertiary/aromatic N) is 4. The van der Waals surface area contributed by atoms with Gasteiger partial charge in [-0.25, -0.2) is 4.68 Å². The van der Waals surface area contributed by atoms with E-state index in [0.717, 1.165) is 23.7 Å². The zero-order valence-corrected chi connectivity index (χ0v) is 9.26. The van der Waals surface area contributed by atoms with Gasteiger partial charge in [-0.05, 0) is 31.6 Å². The fourth-order valence-electron chi connectivity index (χ4n) is 1.80. The first-order valence-corrected chi connectivity index (χ1v) is 5.74. The molecule has 0 spiro atoms. The second-order valence-corrected chi connectivity index (χ2v) is 4.27. The molecular weight excluding hydrogens is 204 g/mol. The van der Waals surface area contributed by atoms with Crippen molar-refractivity contribution in [1.82, 2.24) is 15.0 Å². The molecule has 0 unspecified atom stereocenters. The zero-order valence-electron chi connectivity index (χ0n) is 9.26.